The van der Waals surface area contributed by atoms with Crippen molar-refractivity contribution in [3.63, 3.8) is 0 Å². The van der Waals surface area contributed by atoms with E-state index in [-0.39, 0.29) is 13.0 Å². The molecule has 0 fully saturated rings. The molecule has 0 aliphatic carbocycles. The fraction of sp³-hybridized carbons (Fsp3) is 1.00. The highest BCUT2D eigenvalue weighted by atomic mass is 35.7. The van der Waals surface area contributed by atoms with Gasteiger partial charge in [-0.3, -0.25) is 0 Å². The minimum absolute atomic E-state index is 0. The minimum atomic E-state index is -2.79. The van der Waals surface area contributed by atoms with Crippen molar-refractivity contribution in [3.8, 4) is 0 Å². The molecule has 0 aliphatic rings. The maximum absolute atomic E-state index is 8.76. The molecule has 0 spiro atoms. The highest BCUT2D eigenvalue weighted by Crippen LogP contribution is 2.24. The SMILES string of the molecule is C.CC(C)[Si](O)(Cl)Cl. The van der Waals surface area contributed by atoms with Gasteiger partial charge >= 0.3 is 6.94 Å². The van der Waals surface area contributed by atoms with Crippen molar-refractivity contribution in [2.24, 2.45) is 0 Å². The van der Waals surface area contributed by atoms with Gasteiger partial charge in [0.05, 0.1) is 0 Å². The Labute approximate surface area is 61.2 Å². The average Bonchev–Trinajstić information content (AvgIpc) is 1.31. The predicted octanol–water partition coefficient (Wildman–Crippen LogP) is 2.44. The highest BCUT2D eigenvalue weighted by molar-refractivity contribution is 7.42. The van der Waals surface area contributed by atoms with Crippen LogP contribution in [0.3, 0.4) is 0 Å². The van der Waals surface area contributed by atoms with Crippen molar-refractivity contribution < 1.29 is 4.80 Å². The Bertz CT molecular complexity index is 59.5. The average molecular weight is 175 g/mol. The summed E-state index contributed by atoms with van der Waals surface area (Å²) in [5, 5.41) is 0. The summed E-state index contributed by atoms with van der Waals surface area (Å²) in [4.78, 5) is 8.76. The van der Waals surface area contributed by atoms with Crippen molar-refractivity contribution in [3.05, 3.63) is 0 Å². The first-order valence-electron chi connectivity index (χ1n) is 2.04. The van der Waals surface area contributed by atoms with E-state index in [0.29, 0.717) is 0 Å². The molecule has 0 bridgehead atoms. The first-order valence-corrected chi connectivity index (χ1v) is 6.09. The third-order valence-electron chi connectivity index (χ3n) is 0.695. The van der Waals surface area contributed by atoms with E-state index in [4.69, 9.17) is 27.0 Å². The molecule has 0 amide bonds. The van der Waals surface area contributed by atoms with E-state index < -0.39 is 6.94 Å². The number of rotatable bonds is 1. The van der Waals surface area contributed by atoms with Crippen LogP contribution in [-0.4, -0.2) is 11.7 Å². The molecule has 0 aliphatic heterocycles. The number of hydrogen-bond acceptors (Lipinski definition) is 1. The van der Waals surface area contributed by atoms with Crippen LogP contribution < -0.4 is 0 Å². The zero-order valence-corrected chi connectivity index (χ0v) is 6.79. The Morgan fingerprint density at radius 1 is 1.38 bits per heavy atom. The molecule has 0 saturated heterocycles. The molecule has 1 nitrogen and oxygen atoms in total. The Morgan fingerprint density at radius 3 is 1.50 bits per heavy atom. The molecule has 0 aromatic heterocycles. The highest BCUT2D eigenvalue weighted by Gasteiger charge is 2.29. The van der Waals surface area contributed by atoms with Crippen LogP contribution in [0, 0.1) is 0 Å². The molecular formula is C4H12Cl2OSi. The van der Waals surface area contributed by atoms with E-state index in [0.717, 1.165) is 0 Å². The lowest BCUT2D eigenvalue weighted by atomic mass is 10.6. The maximum atomic E-state index is 8.76. The van der Waals surface area contributed by atoms with Gasteiger partial charge in [-0.05, 0) is 5.54 Å². The molecule has 1 N–H and O–H groups in total. The van der Waals surface area contributed by atoms with Gasteiger partial charge in [-0.1, -0.05) is 21.3 Å². The zero-order valence-electron chi connectivity index (χ0n) is 4.28. The second kappa shape index (κ2) is 3.72. The summed E-state index contributed by atoms with van der Waals surface area (Å²) in [6.45, 7) is 0.806. The summed E-state index contributed by atoms with van der Waals surface area (Å²) < 4.78 is 0. The standard InChI is InChI=1S/C3H8Cl2OSi.CH4/c1-3(2)7(4,5)6;/h3,6H,1-2H3;1H4. The fourth-order valence-electron chi connectivity index (χ4n) is 0. The second-order valence-electron chi connectivity index (χ2n) is 1.74. The molecule has 4 heteroatoms. The van der Waals surface area contributed by atoms with Crippen LogP contribution in [-0.2, 0) is 0 Å². The first kappa shape index (κ1) is 11.5. The largest absolute Gasteiger partial charge is 0.408 e. The lowest BCUT2D eigenvalue weighted by Crippen LogP contribution is -2.22. The minimum Gasteiger partial charge on any atom is -0.408 e. The molecule has 52 valence electrons. The lowest BCUT2D eigenvalue weighted by Gasteiger charge is -2.10. The molecule has 0 heterocycles. The van der Waals surface area contributed by atoms with Crippen LogP contribution in [0.15, 0.2) is 0 Å². The van der Waals surface area contributed by atoms with Crippen LogP contribution >= 0.6 is 22.2 Å². The normalized spacial score (nSPS) is 11.2. The predicted molar refractivity (Wildman–Crippen MR) is 41.5 cm³/mol. The molecule has 8 heavy (non-hydrogen) atoms. The smallest absolute Gasteiger partial charge is 0.389 e. The zero-order chi connectivity index (χ0) is 6.08. The van der Waals surface area contributed by atoms with Gasteiger partial charge in [-0.15, -0.1) is 22.2 Å². The second-order valence-corrected chi connectivity index (χ2v) is 8.11. The quantitative estimate of drug-likeness (QED) is 0.479. The molecule has 0 radical (unpaired) electrons. The number of hydrogen-bond donors (Lipinski definition) is 1. The van der Waals surface area contributed by atoms with Crippen LogP contribution in [0.1, 0.15) is 21.3 Å². The van der Waals surface area contributed by atoms with E-state index >= 15 is 0 Å². The Morgan fingerprint density at radius 2 is 1.50 bits per heavy atom. The maximum Gasteiger partial charge on any atom is 0.389 e. The van der Waals surface area contributed by atoms with E-state index in [2.05, 4.69) is 0 Å². The van der Waals surface area contributed by atoms with Crippen LogP contribution in [0.4, 0.5) is 0 Å². The van der Waals surface area contributed by atoms with Gasteiger partial charge in [0.2, 0.25) is 0 Å². The topological polar surface area (TPSA) is 20.2 Å². The third-order valence-corrected chi connectivity index (χ3v) is 4.70. The molecule has 0 rings (SSSR count). The summed E-state index contributed by atoms with van der Waals surface area (Å²) in [6, 6.07) is 0. The summed E-state index contributed by atoms with van der Waals surface area (Å²) in [7, 11) is 0. The van der Waals surface area contributed by atoms with Gasteiger partial charge < -0.3 is 4.80 Å². The lowest BCUT2D eigenvalue weighted by molar-refractivity contribution is 0.567. The molecule has 0 atom stereocenters. The van der Waals surface area contributed by atoms with E-state index in [1.165, 1.54) is 0 Å². The Balaban J connectivity index is 0. The van der Waals surface area contributed by atoms with Crippen LogP contribution in [0.25, 0.3) is 0 Å². The summed E-state index contributed by atoms with van der Waals surface area (Å²) in [6.07, 6.45) is 0. The van der Waals surface area contributed by atoms with Gasteiger partial charge in [0, 0.05) is 0 Å². The van der Waals surface area contributed by atoms with Gasteiger partial charge in [-0.25, -0.2) is 0 Å². The van der Waals surface area contributed by atoms with Crippen LogP contribution in [0.2, 0.25) is 5.54 Å². The summed E-state index contributed by atoms with van der Waals surface area (Å²) >= 11 is 10.7. The van der Waals surface area contributed by atoms with Crippen molar-refractivity contribution >= 4 is 29.1 Å². The molecule has 0 unspecified atom stereocenters. The molecular weight excluding hydrogens is 163 g/mol. The van der Waals surface area contributed by atoms with Crippen molar-refractivity contribution in [2.75, 3.05) is 0 Å². The van der Waals surface area contributed by atoms with E-state index in [1.54, 1.807) is 13.8 Å². The first-order chi connectivity index (χ1) is 2.94. The Kier molecular flexibility index (Phi) is 5.37. The van der Waals surface area contributed by atoms with Crippen molar-refractivity contribution in [2.45, 2.75) is 26.8 Å². The third kappa shape index (κ3) is 4.90. The van der Waals surface area contributed by atoms with Crippen molar-refractivity contribution in [1.82, 2.24) is 0 Å². The Hall–Kier alpha value is 0.757. The van der Waals surface area contributed by atoms with Gasteiger partial charge in [0.1, 0.15) is 0 Å². The van der Waals surface area contributed by atoms with E-state index in [9.17, 15) is 0 Å². The summed E-state index contributed by atoms with van der Waals surface area (Å²) in [5.41, 5.74) is 0.0239. The van der Waals surface area contributed by atoms with Gasteiger partial charge in [-0.2, -0.15) is 0 Å². The summed E-state index contributed by atoms with van der Waals surface area (Å²) in [5.74, 6) is 0. The molecule has 0 saturated carbocycles. The molecule has 0 aromatic carbocycles. The molecule has 0 aromatic rings. The van der Waals surface area contributed by atoms with Gasteiger partial charge in [0.15, 0.2) is 0 Å². The van der Waals surface area contributed by atoms with Gasteiger partial charge in [0.25, 0.3) is 0 Å². The van der Waals surface area contributed by atoms with E-state index in [1.807, 2.05) is 0 Å². The van der Waals surface area contributed by atoms with Crippen LogP contribution in [0.5, 0.6) is 0 Å². The fourth-order valence-corrected chi connectivity index (χ4v) is 0. The van der Waals surface area contributed by atoms with Crippen molar-refractivity contribution in [1.29, 1.82) is 0 Å². The monoisotopic (exact) mass is 174 g/mol. The number of halogens is 2.